The molecular formula is C20H22N4O6. The molecule has 3 rings (SSSR count). The van der Waals surface area contributed by atoms with Crippen LogP contribution in [-0.2, 0) is 9.53 Å². The standard InChI is InChI=1S/C20H22N4O6/c1-14-3-2-4-16(11-14)30-13-19(25)21-22-20(26)15-5-6-17(18(12-15)24(27)28)23-7-9-29-10-8-23/h2-6,11-12H,7-10,13H2,1H3,(H,21,25)(H,22,26). The number of nitrogens with zero attached hydrogens (tertiary/aromatic N) is 2. The number of carbonyl (C=O) groups excluding carboxylic acids is 2. The number of anilines is 1. The first-order chi connectivity index (χ1) is 14.4. The summed E-state index contributed by atoms with van der Waals surface area (Å²) in [7, 11) is 0. The highest BCUT2D eigenvalue weighted by Crippen LogP contribution is 2.29. The summed E-state index contributed by atoms with van der Waals surface area (Å²) in [6, 6.07) is 11.4. The van der Waals surface area contributed by atoms with Gasteiger partial charge in [-0.05, 0) is 36.8 Å². The number of nitro groups is 1. The molecule has 1 fully saturated rings. The molecule has 0 spiro atoms. The van der Waals surface area contributed by atoms with E-state index in [1.54, 1.807) is 18.2 Å². The summed E-state index contributed by atoms with van der Waals surface area (Å²) >= 11 is 0. The van der Waals surface area contributed by atoms with E-state index >= 15 is 0 Å². The minimum atomic E-state index is -0.671. The molecule has 0 atom stereocenters. The number of hydrogen-bond donors (Lipinski definition) is 2. The Morgan fingerprint density at radius 3 is 2.63 bits per heavy atom. The van der Waals surface area contributed by atoms with Crippen LogP contribution in [0.1, 0.15) is 15.9 Å². The van der Waals surface area contributed by atoms with Crippen molar-refractivity contribution in [1.29, 1.82) is 0 Å². The summed E-state index contributed by atoms with van der Waals surface area (Å²) in [5.41, 5.74) is 5.76. The van der Waals surface area contributed by atoms with Crippen LogP contribution < -0.4 is 20.5 Å². The lowest BCUT2D eigenvalue weighted by Crippen LogP contribution is -2.43. The lowest BCUT2D eigenvalue weighted by Gasteiger charge is -2.28. The Morgan fingerprint density at radius 1 is 1.17 bits per heavy atom. The largest absolute Gasteiger partial charge is 0.484 e. The van der Waals surface area contributed by atoms with E-state index in [2.05, 4.69) is 10.9 Å². The van der Waals surface area contributed by atoms with Crippen LogP contribution in [-0.4, -0.2) is 49.6 Å². The van der Waals surface area contributed by atoms with E-state index in [0.717, 1.165) is 5.56 Å². The molecular weight excluding hydrogens is 392 g/mol. The van der Waals surface area contributed by atoms with Gasteiger partial charge in [0.1, 0.15) is 11.4 Å². The second-order valence-corrected chi connectivity index (χ2v) is 6.67. The lowest BCUT2D eigenvalue weighted by atomic mass is 10.1. The quantitative estimate of drug-likeness (QED) is 0.543. The summed E-state index contributed by atoms with van der Waals surface area (Å²) in [4.78, 5) is 37.0. The fourth-order valence-corrected chi connectivity index (χ4v) is 2.97. The number of benzene rings is 2. The smallest absolute Gasteiger partial charge is 0.293 e. The number of aryl methyl sites for hydroxylation is 1. The van der Waals surface area contributed by atoms with Gasteiger partial charge in [-0.1, -0.05) is 12.1 Å². The van der Waals surface area contributed by atoms with Crippen molar-refractivity contribution < 1.29 is 24.0 Å². The minimum Gasteiger partial charge on any atom is -0.484 e. The van der Waals surface area contributed by atoms with Gasteiger partial charge in [0.25, 0.3) is 17.5 Å². The Balaban J connectivity index is 1.58. The summed E-state index contributed by atoms with van der Waals surface area (Å²) in [6.45, 7) is 3.63. The molecule has 0 aliphatic carbocycles. The summed E-state index contributed by atoms with van der Waals surface area (Å²) in [5, 5.41) is 11.5. The number of carbonyl (C=O) groups is 2. The molecule has 2 amide bonds. The maximum Gasteiger partial charge on any atom is 0.293 e. The fourth-order valence-electron chi connectivity index (χ4n) is 2.97. The molecule has 10 nitrogen and oxygen atoms in total. The zero-order valence-corrected chi connectivity index (χ0v) is 16.4. The predicted molar refractivity (Wildman–Crippen MR) is 108 cm³/mol. The third-order valence-electron chi connectivity index (χ3n) is 4.46. The van der Waals surface area contributed by atoms with Gasteiger partial charge >= 0.3 is 0 Å². The predicted octanol–water partition coefficient (Wildman–Crippen LogP) is 1.58. The van der Waals surface area contributed by atoms with Crippen LogP contribution in [0, 0.1) is 17.0 Å². The van der Waals surface area contributed by atoms with E-state index in [-0.39, 0.29) is 17.9 Å². The summed E-state index contributed by atoms with van der Waals surface area (Å²) in [5.74, 6) is -0.703. The highest BCUT2D eigenvalue weighted by atomic mass is 16.6. The number of hydrazine groups is 1. The molecule has 2 aromatic carbocycles. The van der Waals surface area contributed by atoms with Gasteiger partial charge in [-0.15, -0.1) is 0 Å². The minimum absolute atomic E-state index is 0.0543. The highest BCUT2D eigenvalue weighted by molar-refractivity contribution is 5.96. The van der Waals surface area contributed by atoms with Gasteiger partial charge in [-0.3, -0.25) is 30.6 Å². The maximum atomic E-state index is 12.3. The van der Waals surface area contributed by atoms with Crippen molar-refractivity contribution in [2.45, 2.75) is 6.92 Å². The number of nitrogens with one attached hydrogen (secondary N) is 2. The van der Waals surface area contributed by atoms with Crippen LogP contribution in [0.25, 0.3) is 0 Å². The molecule has 2 aromatic rings. The molecule has 0 aromatic heterocycles. The van der Waals surface area contributed by atoms with Crippen molar-refractivity contribution in [3.8, 4) is 5.75 Å². The average molecular weight is 414 g/mol. The van der Waals surface area contributed by atoms with Crippen LogP contribution in [0.4, 0.5) is 11.4 Å². The molecule has 2 N–H and O–H groups in total. The average Bonchev–Trinajstić information content (AvgIpc) is 2.76. The molecule has 10 heteroatoms. The van der Waals surface area contributed by atoms with Crippen LogP contribution >= 0.6 is 0 Å². The van der Waals surface area contributed by atoms with E-state index in [4.69, 9.17) is 9.47 Å². The Hall–Kier alpha value is -3.66. The number of hydrogen-bond acceptors (Lipinski definition) is 7. The highest BCUT2D eigenvalue weighted by Gasteiger charge is 2.23. The number of nitro benzene ring substituents is 1. The zero-order valence-electron chi connectivity index (χ0n) is 16.4. The second-order valence-electron chi connectivity index (χ2n) is 6.67. The van der Waals surface area contributed by atoms with Gasteiger partial charge in [0, 0.05) is 24.7 Å². The van der Waals surface area contributed by atoms with Gasteiger partial charge in [-0.2, -0.15) is 0 Å². The monoisotopic (exact) mass is 414 g/mol. The second kappa shape index (κ2) is 9.70. The molecule has 0 unspecified atom stereocenters. The normalized spacial score (nSPS) is 13.4. The van der Waals surface area contributed by atoms with Crippen LogP contribution in [0.3, 0.4) is 0 Å². The van der Waals surface area contributed by atoms with Crippen LogP contribution in [0.15, 0.2) is 42.5 Å². The van der Waals surface area contributed by atoms with E-state index in [0.29, 0.717) is 37.7 Å². The van der Waals surface area contributed by atoms with Crippen molar-refractivity contribution in [2.75, 3.05) is 37.8 Å². The van der Waals surface area contributed by atoms with Crippen molar-refractivity contribution >= 4 is 23.2 Å². The van der Waals surface area contributed by atoms with E-state index in [1.807, 2.05) is 17.9 Å². The molecule has 30 heavy (non-hydrogen) atoms. The first-order valence-electron chi connectivity index (χ1n) is 9.34. The zero-order chi connectivity index (χ0) is 21.5. The number of morpholine rings is 1. The first kappa shape index (κ1) is 21.1. The van der Waals surface area contributed by atoms with Gasteiger partial charge < -0.3 is 14.4 Å². The van der Waals surface area contributed by atoms with E-state index < -0.39 is 16.7 Å². The van der Waals surface area contributed by atoms with Crippen molar-refractivity contribution in [3.05, 3.63) is 63.7 Å². The van der Waals surface area contributed by atoms with Crippen molar-refractivity contribution in [2.24, 2.45) is 0 Å². The maximum absolute atomic E-state index is 12.3. The molecule has 0 saturated carbocycles. The van der Waals surface area contributed by atoms with Gasteiger partial charge in [0.15, 0.2) is 6.61 Å². The molecule has 158 valence electrons. The third-order valence-corrected chi connectivity index (χ3v) is 4.46. The Morgan fingerprint density at radius 2 is 1.93 bits per heavy atom. The number of rotatable bonds is 6. The summed E-state index contributed by atoms with van der Waals surface area (Å²) < 4.78 is 10.6. The van der Waals surface area contributed by atoms with Crippen molar-refractivity contribution in [3.63, 3.8) is 0 Å². The molecule has 1 aliphatic rings. The van der Waals surface area contributed by atoms with Crippen LogP contribution in [0.5, 0.6) is 5.75 Å². The topological polar surface area (TPSA) is 123 Å². The SMILES string of the molecule is Cc1cccc(OCC(=O)NNC(=O)c2ccc(N3CCOCC3)c([N+](=O)[O-])c2)c1. The number of ether oxygens (including phenoxy) is 2. The van der Waals surface area contributed by atoms with Crippen molar-refractivity contribution in [1.82, 2.24) is 10.9 Å². The lowest BCUT2D eigenvalue weighted by molar-refractivity contribution is -0.384. The van der Waals surface area contributed by atoms with Crippen LogP contribution in [0.2, 0.25) is 0 Å². The Kier molecular flexibility index (Phi) is 6.81. The Bertz CT molecular complexity index is 943. The first-order valence-corrected chi connectivity index (χ1v) is 9.34. The molecule has 1 heterocycles. The van der Waals surface area contributed by atoms with Gasteiger partial charge in [0.2, 0.25) is 0 Å². The van der Waals surface area contributed by atoms with Gasteiger partial charge in [-0.25, -0.2) is 0 Å². The van der Waals surface area contributed by atoms with E-state index in [9.17, 15) is 19.7 Å². The molecule has 1 saturated heterocycles. The van der Waals surface area contributed by atoms with E-state index in [1.165, 1.54) is 18.2 Å². The molecule has 0 radical (unpaired) electrons. The Labute approximate surface area is 172 Å². The molecule has 1 aliphatic heterocycles. The molecule has 0 bridgehead atoms. The van der Waals surface area contributed by atoms with Gasteiger partial charge in [0.05, 0.1) is 18.1 Å². The third kappa shape index (κ3) is 5.45. The fraction of sp³-hybridized carbons (Fsp3) is 0.300. The summed E-state index contributed by atoms with van der Waals surface area (Å²) in [6.07, 6.45) is 0. The number of amides is 2.